The monoisotopic (exact) mass is 736 g/mol. The number of fused-ring (bicyclic) bond motifs is 3. The quantitative estimate of drug-likeness (QED) is 0.0750. The van der Waals surface area contributed by atoms with E-state index in [9.17, 15) is 29.1 Å². The molecule has 0 aromatic heterocycles. The number of aliphatic carboxylic acids is 1. The summed E-state index contributed by atoms with van der Waals surface area (Å²) < 4.78 is 16.1. The second-order valence-electron chi connectivity index (χ2n) is 13.8. The average molecular weight is 737 g/mol. The maximum Gasteiger partial charge on any atom is 0.426 e. The summed E-state index contributed by atoms with van der Waals surface area (Å²) in [5, 5.41) is 12.2. The molecule has 1 atom stereocenters. The molecule has 2 N–H and O–H groups in total. The number of imide groups is 3. The smallest absolute Gasteiger partial charge is 0.426 e. The van der Waals surface area contributed by atoms with E-state index in [1.165, 1.54) is 38.5 Å². The number of unbranched alkanes of at least 4 members (excludes halogenated alkanes) is 14. The van der Waals surface area contributed by atoms with Crippen LogP contribution < -0.4 is 5.32 Å². The van der Waals surface area contributed by atoms with Gasteiger partial charge in [0, 0.05) is 12.3 Å². The highest BCUT2D eigenvalue weighted by Crippen LogP contribution is 2.44. The molecule has 2 aromatic rings. The van der Waals surface area contributed by atoms with Crippen LogP contribution >= 0.6 is 0 Å². The number of carbonyl (C=O) groups excluding carboxylic acids is 4. The fraction of sp³-hybridized carbons (Fsp3) is 0.595. The number of hydrogen-bond donors (Lipinski definition) is 2. The van der Waals surface area contributed by atoms with Crippen molar-refractivity contribution in [3.05, 3.63) is 59.7 Å². The molecule has 0 fully saturated rings. The lowest BCUT2D eigenvalue weighted by atomic mass is 9.98. The molecule has 11 nitrogen and oxygen atoms in total. The molecule has 53 heavy (non-hydrogen) atoms. The number of ether oxygens (including phenoxy) is 3. The lowest BCUT2D eigenvalue weighted by Crippen LogP contribution is -2.45. The number of hydrogen-bond acceptors (Lipinski definition) is 8. The molecule has 4 amide bonds. The van der Waals surface area contributed by atoms with Crippen LogP contribution in [0, 0.1) is 0 Å². The summed E-state index contributed by atoms with van der Waals surface area (Å²) in [6.07, 6.45) is 12.4. The van der Waals surface area contributed by atoms with Gasteiger partial charge in [0.15, 0.2) is 0 Å². The van der Waals surface area contributed by atoms with Gasteiger partial charge in [-0.3, -0.25) is 4.79 Å². The first kappa shape index (κ1) is 43.0. The van der Waals surface area contributed by atoms with Crippen LogP contribution in [0.25, 0.3) is 11.1 Å². The Morgan fingerprint density at radius 3 is 1.53 bits per heavy atom. The third-order valence-electron chi connectivity index (χ3n) is 9.64. The lowest BCUT2D eigenvalue weighted by molar-refractivity contribution is -0.139. The van der Waals surface area contributed by atoms with Crippen molar-refractivity contribution in [2.24, 2.45) is 0 Å². The van der Waals surface area contributed by atoms with Gasteiger partial charge in [-0.2, -0.15) is 0 Å². The topological polar surface area (TPSA) is 149 Å². The van der Waals surface area contributed by atoms with E-state index in [0.29, 0.717) is 17.7 Å². The van der Waals surface area contributed by atoms with Crippen LogP contribution in [0.15, 0.2) is 48.5 Å². The van der Waals surface area contributed by atoms with Crippen LogP contribution in [0.5, 0.6) is 0 Å². The van der Waals surface area contributed by atoms with E-state index in [4.69, 9.17) is 14.2 Å². The molecule has 0 radical (unpaired) electrons. The molecular weight excluding hydrogens is 676 g/mol. The molecule has 0 heterocycles. The predicted molar refractivity (Wildman–Crippen MR) is 204 cm³/mol. The first-order valence-electron chi connectivity index (χ1n) is 19.8. The number of alkyl carbamates (subject to hydrolysis) is 1. The fourth-order valence-corrected chi connectivity index (χ4v) is 6.62. The Morgan fingerprint density at radius 2 is 1.08 bits per heavy atom. The number of amides is 4. The van der Waals surface area contributed by atoms with Crippen molar-refractivity contribution in [3.63, 3.8) is 0 Å². The van der Waals surface area contributed by atoms with Crippen molar-refractivity contribution in [3.8, 4) is 11.1 Å². The molecule has 1 aliphatic carbocycles. The van der Waals surface area contributed by atoms with Crippen molar-refractivity contribution in [2.45, 2.75) is 141 Å². The fourth-order valence-electron chi connectivity index (χ4n) is 6.62. The predicted octanol–water partition coefficient (Wildman–Crippen LogP) is 10.1. The van der Waals surface area contributed by atoms with E-state index in [2.05, 4.69) is 19.2 Å². The summed E-state index contributed by atoms with van der Waals surface area (Å²) in [7, 11) is 0. The maximum atomic E-state index is 13.3. The van der Waals surface area contributed by atoms with Crippen LogP contribution in [-0.2, 0) is 23.8 Å². The second kappa shape index (κ2) is 24.8. The zero-order chi connectivity index (χ0) is 38.3. The van der Waals surface area contributed by atoms with E-state index in [1.807, 2.05) is 48.5 Å². The first-order chi connectivity index (χ1) is 25.8. The van der Waals surface area contributed by atoms with Gasteiger partial charge in [0.2, 0.25) is 5.91 Å². The molecule has 0 saturated carbocycles. The average Bonchev–Trinajstić information content (AvgIpc) is 3.47. The highest BCUT2D eigenvalue weighted by atomic mass is 16.6. The number of carboxylic acid groups (broad SMARTS) is 1. The Labute approximate surface area is 315 Å². The minimum atomic E-state index is -1.52. The number of carboxylic acids is 1. The number of nitrogens with zero attached hydrogens (tertiary/aromatic N) is 1. The molecule has 1 aliphatic rings. The Morgan fingerprint density at radius 1 is 0.642 bits per heavy atom. The van der Waals surface area contributed by atoms with E-state index in [0.717, 1.165) is 73.6 Å². The maximum absolute atomic E-state index is 13.3. The van der Waals surface area contributed by atoms with Gasteiger partial charge in [0.25, 0.3) is 0 Å². The van der Waals surface area contributed by atoms with Crippen LogP contribution in [0.2, 0.25) is 0 Å². The van der Waals surface area contributed by atoms with Gasteiger partial charge in [-0.05, 0) is 41.5 Å². The number of rotatable bonds is 25. The molecule has 0 saturated heterocycles. The minimum absolute atomic E-state index is 0.0195. The standard InChI is InChI=1S/C42H60N2O9/c1-3-5-7-9-11-13-15-21-29-51-41(49)44(42(50)52-30-22-16-14-12-10-8-6-4-2)38(45)28-27-37(39(46)47)43-40(48)53-31-36-34-25-19-17-23-32(34)33-24-18-20-26-35(33)36/h17-20,23-26,36-37H,3-16,21-22,27-31H2,1-2H3,(H,43,48)(H,46,47)/t37-/m1/s1. The van der Waals surface area contributed by atoms with Crippen LogP contribution in [0.4, 0.5) is 14.4 Å². The Balaban J connectivity index is 1.52. The van der Waals surface area contributed by atoms with E-state index in [1.54, 1.807) is 0 Å². The van der Waals surface area contributed by atoms with Gasteiger partial charge in [-0.15, -0.1) is 4.90 Å². The Bertz CT molecular complexity index is 1370. The molecule has 3 rings (SSSR count). The SMILES string of the molecule is CCCCCCCCCCOC(=O)N(C(=O)CC[C@@H](NC(=O)OCC1c2ccccc2-c2ccccc21)C(=O)O)C(=O)OCCCCCCCCCC. The number of nitrogens with one attached hydrogen (secondary N) is 1. The van der Waals surface area contributed by atoms with Crippen LogP contribution in [-0.4, -0.2) is 66.0 Å². The highest BCUT2D eigenvalue weighted by molar-refractivity contribution is 6.06. The van der Waals surface area contributed by atoms with Crippen molar-refractivity contribution < 1.29 is 43.3 Å². The summed E-state index contributed by atoms with van der Waals surface area (Å²) >= 11 is 0. The van der Waals surface area contributed by atoms with Crippen LogP contribution in [0.1, 0.15) is 146 Å². The minimum Gasteiger partial charge on any atom is -0.480 e. The van der Waals surface area contributed by atoms with Gasteiger partial charge < -0.3 is 24.6 Å². The third-order valence-corrected chi connectivity index (χ3v) is 9.64. The van der Waals surface area contributed by atoms with Gasteiger partial charge in [-0.1, -0.05) is 152 Å². The zero-order valence-electron chi connectivity index (χ0n) is 31.8. The molecule has 11 heteroatoms. The third kappa shape index (κ3) is 14.9. The largest absolute Gasteiger partial charge is 0.480 e. The number of benzene rings is 2. The van der Waals surface area contributed by atoms with Crippen LogP contribution in [0.3, 0.4) is 0 Å². The van der Waals surface area contributed by atoms with Gasteiger partial charge >= 0.3 is 24.2 Å². The van der Waals surface area contributed by atoms with Gasteiger partial charge in [0.05, 0.1) is 13.2 Å². The molecule has 0 aliphatic heterocycles. The Hall–Kier alpha value is -4.41. The van der Waals surface area contributed by atoms with Gasteiger partial charge in [0.1, 0.15) is 12.6 Å². The summed E-state index contributed by atoms with van der Waals surface area (Å²) in [6, 6.07) is 14.2. The van der Waals surface area contributed by atoms with Crippen molar-refractivity contribution >= 4 is 30.2 Å². The molecule has 0 bridgehead atoms. The normalized spacial score (nSPS) is 12.3. The van der Waals surface area contributed by atoms with E-state index >= 15 is 0 Å². The zero-order valence-corrected chi connectivity index (χ0v) is 31.8. The van der Waals surface area contributed by atoms with Crippen molar-refractivity contribution in [1.82, 2.24) is 10.2 Å². The second-order valence-corrected chi connectivity index (χ2v) is 13.8. The van der Waals surface area contributed by atoms with E-state index < -0.39 is 49.0 Å². The lowest BCUT2D eigenvalue weighted by Gasteiger charge is -2.20. The summed E-state index contributed by atoms with van der Waals surface area (Å²) in [5.74, 6) is -2.60. The number of carbonyl (C=O) groups is 5. The summed E-state index contributed by atoms with van der Waals surface area (Å²) in [4.78, 5) is 64.5. The molecule has 0 unspecified atom stereocenters. The molecular formula is C42H60N2O9. The molecule has 0 spiro atoms. The van der Waals surface area contributed by atoms with Crippen molar-refractivity contribution in [2.75, 3.05) is 19.8 Å². The summed E-state index contributed by atoms with van der Waals surface area (Å²) in [6.45, 7) is 4.38. The molecule has 2 aromatic carbocycles. The summed E-state index contributed by atoms with van der Waals surface area (Å²) in [5.41, 5.74) is 4.11. The highest BCUT2D eigenvalue weighted by Gasteiger charge is 2.34. The van der Waals surface area contributed by atoms with Crippen molar-refractivity contribution in [1.29, 1.82) is 0 Å². The van der Waals surface area contributed by atoms with E-state index in [-0.39, 0.29) is 25.7 Å². The first-order valence-corrected chi connectivity index (χ1v) is 19.8. The van der Waals surface area contributed by atoms with Gasteiger partial charge in [-0.25, -0.2) is 19.2 Å². The molecule has 292 valence electrons. The Kier molecular flexibility index (Phi) is 20.1.